The standard InChI is InChI=1S/C38H44FN9O3/c1-45(2)36(51)31-17-25-20-41-37(44-34(25)48(31)26-5-3-4-6-26)42-32-11-7-24(19-40-32)21-46-22-38(23-46)13-15-47(16-14-38)27-8-9-28(30(39)18-27)29-10-12-33(49)43-35(29)50/h7-9,11,17-20,26,29H,3-6,10,12-16,21-23H2,1-2H3,(H,43,49,50)(H,40,41,42,44)/t29-/m0/s1. The number of hydrogen-bond donors (Lipinski definition) is 2. The highest BCUT2D eigenvalue weighted by Crippen LogP contribution is 2.42. The van der Waals surface area contributed by atoms with Crippen LogP contribution in [0.1, 0.15) is 84.9 Å². The van der Waals surface area contributed by atoms with Gasteiger partial charge in [0.25, 0.3) is 5.91 Å². The number of piperidine rings is 2. The first kappa shape index (κ1) is 33.2. The monoisotopic (exact) mass is 693 g/mol. The van der Waals surface area contributed by atoms with E-state index in [1.165, 1.54) is 0 Å². The van der Waals surface area contributed by atoms with Crippen molar-refractivity contribution in [3.8, 4) is 0 Å². The topological polar surface area (TPSA) is 129 Å². The van der Waals surface area contributed by atoms with Crippen molar-refractivity contribution in [3.63, 3.8) is 0 Å². The maximum atomic E-state index is 15.1. The van der Waals surface area contributed by atoms with E-state index >= 15 is 4.39 Å². The minimum Gasteiger partial charge on any atom is -0.371 e. The molecular weight excluding hydrogens is 649 g/mol. The van der Waals surface area contributed by atoms with Gasteiger partial charge < -0.3 is 19.7 Å². The van der Waals surface area contributed by atoms with Crippen LogP contribution in [0, 0.1) is 11.2 Å². The number of aromatic nitrogens is 4. The first-order valence-corrected chi connectivity index (χ1v) is 18.1. The average Bonchev–Trinajstić information content (AvgIpc) is 3.77. The van der Waals surface area contributed by atoms with Gasteiger partial charge in [-0.25, -0.2) is 14.4 Å². The number of anilines is 3. The van der Waals surface area contributed by atoms with Crippen LogP contribution in [0.15, 0.2) is 48.8 Å². The van der Waals surface area contributed by atoms with E-state index in [4.69, 9.17) is 4.98 Å². The van der Waals surface area contributed by atoms with Gasteiger partial charge >= 0.3 is 0 Å². The van der Waals surface area contributed by atoms with Crippen molar-refractivity contribution in [2.24, 2.45) is 5.41 Å². The Bertz CT molecular complexity index is 1970. The zero-order chi connectivity index (χ0) is 35.3. The Morgan fingerprint density at radius 3 is 2.49 bits per heavy atom. The maximum Gasteiger partial charge on any atom is 0.270 e. The van der Waals surface area contributed by atoms with Crippen molar-refractivity contribution in [1.82, 2.24) is 34.6 Å². The van der Waals surface area contributed by atoms with Crippen LogP contribution < -0.4 is 15.5 Å². The van der Waals surface area contributed by atoms with Gasteiger partial charge in [0.1, 0.15) is 23.0 Å². The second kappa shape index (κ2) is 13.3. The van der Waals surface area contributed by atoms with Gasteiger partial charge in [-0.05, 0) is 67.3 Å². The number of hydrogen-bond acceptors (Lipinski definition) is 9. The van der Waals surface area contributed by atoms with Gasteiger partial charge in [0.2, 0.25) is 17.8 Å². The average molecular weight is 694 g/mol. The predicted molar refractivity (Wildman–Crippen MR) is 191 cm³/mol. The summed E-state index contributed by atoms with van der Waals surface area (Å²) < 4.78 is 17.2. The molecule has 3 amide bonds. The van der Waals surface area contributed by atoms with Gasteiger partial charge in [-0.15, -0.1) is 0 Å². The molecule has 0 radical (unpaired) electrons. The van der Waals surface area contributed by atoms with Gasteiger partial charge in [0.05, 0.1) is 5.92 Å². The van der Waals surface area contributed by atoms with Gasteiger partial charge in [-0.2, -0.15) is 4.98 Å². The van der Waals surface area contributed by atoms with E-state index in [-0.39, 0.29) is 35.5 Å². The molecule has 51 heavy (non-hydrogen) atoms. The third kappa shape index (κ3) is 6.55. The number of carbonyl (C=O) groups is 3. The summed E-state index contributed by atoms with van der Waals surface area (Å²) in [6.07, 6.45) is 10.7. The largest absolute Gasteiger partial charge is 0.371 e. The smallest absolute Gasteiger partial charge is 0.270 e. The molecule has 3 aliphatic heterocycles. The molecule has 13 heteroatoms. The van der Waals surface area contributed by atoms with Gasteiger partial charge in [0.15, 0.2) is 0 Å². The summed E-state index contributed by atoms with van der Waals surface area (Å²) in [6, 6.07) is 11.4. The quantitative estimate of drug-likeness (QED) is 0.241. The first-order chi connectivity index (χ1) is 24.6. The lowest BCUT2D eigenvalue weighted by atomic mass is 9.72. The summed E-state index contributed by atoms with van der Waals surface area (Å²) in [5.41, 5.74) is 4.04. The van der Waals surface area contributed by atoms with E-state index in [0.29, 0.717) is 29.4 Å². The first-order valence-electron chi connectivity index (χ1n) is 18.1. The van der Waals surface area contributed by atoms with E-state index < -0.39 is 11.8 Å². The number of amides is 3. The second-order valence-electron chi connectivity index (χ2n) is 15.0. The van der Waals surface area contributed by atoms with E-state index in [9.17, 15) is 14.4 Å². The molecule has 3 saturated heterocycles. The molecule has 6 heterocycles. The molecule has 12 nitrogen and oxygen atoms in total. The summed E-state index contributed by atoms with van der Waals surface area (Å²) in [7, 11) is 3.55. The Morgan fingerprint density at radius 2 is 1.80 bits per heavy atom. The summed E-state index contributed by atoms with van der Waals surface area (Å²) >= 11 is 0. The number of likely N-dealkylation sites (tertiary alicyclic amines) is 1. The van der Waals surface area contributed by atoms with Crippen molar-refractivity contribution in [2.75, 3.05) is 50.5 Å². The van der Waals surface area contributed by atoms with Crippen molar-refractivity contribution in [3.05, 3.63) is 71.4 Å². The highest BCUT2D eigenvalue weighted by atomic mass is 19.1. The van der Waals surface area contributed by atoms with E-state index in [1.807, 2.05) is 24.4 Å². The number of carbonyl (C=O) groups excluding carboxylic acids is 3. The Hall–Kier alpha value is -4.91. The van der Waals surface area contributed by atoms with Crippen LogP contribution in [0.2, 0.25) is 0 Å². The summed E-state index contributed by atoms with van der Waals surface area (Å²) in [4.78, 5) is 57.1. The molecule has 4 fully saturated rings. The molecule has 4 aromatic rings. The zero-order valence-electron chi connectivity index (χ0n) is 29.2. The molecule has 1 aliphatic carbocycles. The Balaban J connectivity index is 0.852. The van der Waals surface area contributed by atoms with Crippen molar-refractivity contribution >= 4 is 46.2 Å². The number of fused-ring (bicyclic) bond motifs is 1. The van der Waals surface area contributed by atoms with Crippen LogP contribution in [0.25, 0.3) is 11.0 Å². The van der Waals surface area contributed by atoms with Gasteiger partial charge in [0, 0.05) is 88.3 Å². The van der Waals surface area contributed by atoms with Crippen LogP contribution >= 0.6 is 0 Å². The second-order valence-corrected chi connectivity index (χ2v) is 15.0. The van der Waals surface area contributed by atoms with Crippen molar-refractivity contribution in [1.29, 1.82) is 0 Å². The van der Waals surface area contributed by atoms with Crippen molar-refractivity contribution < 1.29 is 18.8 Å². The molecule has 0 bridgehead atoms. The normalized spacial score (nSPS) is 20.8. The molecule has 2 N–H and O–H groups in total. The minimum absolute atomic E-state index is 0.0300. The minimum atomic E-state index is -0.621. The summed E-state index contributed by atoms with van der Waals surface area (Å²) in [6.45, 7) is 4.59. The van der Waals surface area contributed by atoms with E-state index in [0.717, 1.165) is 93.5 Å². The van der Waals surface area contributed by atoms with Crippen LogP contribution in [-0.2, 0) is 16.1 Å². The number of nitrogens with zero attached hydrogens (tertiary/aromatic N) is 7. The van der Waals surface area contributed by atoms with Crippen molar-refractivity contribution in [2.45, 2.75) is 69.9 Å². The predicted octanol–water partition coefficient (Wildman–Crippen LogP) is 5.15. The molecule has 266 valence electrons. The molecule has 3 aromatic heterocycles. The van der Waals surface area contributed by atoms with Crippen LogP contribution in [0.3, 0.4) is 0 Å². The number of rotatable bonds is 8. The summed E-state index contributed by atoms with van der Waals surface area (Å²) in [5.74, 6) is -0.639. The third-order valence-electron chi connectivity index (χ3n) is 11.3. The number of nitrogens with one attached hydrogen (secondary N) is 2. The Kier molecular flexibility index (Phi) is 8.69. The Morgan fingerprint density at radius 1 is 1.02 bits per heavy atom. The maximum absolute atomic E-state index is 15.1. The molecular formula is C38H44FN9O3. The molecule has 1 aromatic carbocycles. The summed E-state index contributed by atoms with van der Waals surface area (Å²) in [5, 5.41) is 6.44. The van der Waals surface area contributed by atoms with E-state index in [2.05, 4.69) is 41.0 Å². The van der Waals surface area contributed by atoms with Gasteiger partial charge in [-0.1, -0.05) is 25.0 Å². The molecule has 1 saturated carbocycles. The molecule has 1 spiro atoms. The highest BCUT2D eigenvalue weighted by Gasteiger charge is 2.44. The molecule has 4 aliphatic rings. The van der Waals surface area contributed by atoms with E-state index in [1.54, 1.807) is 37.3 Å². The lowest BCUT2D eigenvalue weighted by molar-refractivity contribution is -0.134. The SMILES string of the molecule is CN(C)C(=O)c1cc2cnc(Nc3ccc(CN4CC5(CCN(c6ccc([C@@H]7CCC(=O)NC7=O)c(F)c6)CC5)C4)cn3)nc2n1C1CCCC1. The lowest BCUT2D eigenvalue weighted by Crippen LogP contribution is -2.59. The van der Waals surface area contributed by atoms with Crippen LogP contribution in [0.4, 0.5) is 21.8 Å². The molecule has 0 unspecified atom stereocenters. The highest BCUT2D eigenvalue weighted by molar-refractivity contribution is 6.01. The number of pyridine rings is 1. The number of imide groups is 1. The van der Waals surface area contributed by atoms with Crippen LogP contribution in [0.5, 0.6) is 0 Å². The number of benzene rings is 1. The lowest BCUT2D eigenvalue weighted by Gasteiger charge is -2.54. The zero-order valence-corrected chi connectivity index (χ0v) is 29.2. The fourth-order valence-corrected chi connectivity index (χ4v) is 8.51. The number of halogens is 1. The molecule has 8 rings (SSSR count). The fourth-order valence-electron chi connectivity index (χ4n) is 8.51. The van der Waals surface area contributed by atoms with Crippen LogP contribution in [-0.4, -0.2) is 87.3 Å². The fraction of sp³-hybridized carbons (Fsp3) is 0.474. The van der Waals surface area contributed by atoms with Gasteiger partial charge in [-0.3, -0.25) is 24.6 Å². The Labute approximate surface area is 296 Å². The third-order valence-corrected chi connectivity index (χ3v) is 11.3. The molecule has 1 atom stereocenters.